The molecule has 7 nitrogen and oxygen atoms in total. The molecule has 0 spiro atoms. The summed E-state index contributed by atoms with van der Waals surface area (Å²) in [4.78, 5) is 11.8. The Balaban J connectivity index is 1.88. The number of hydrogen-bond donors (Lipinski definition) is 0. The molecule has 0 saturated heterocycles. The summed E-state index contributed by atoms with van der Waals surface area (Å²) in [6.07, 6.45) is 0.707. The van der Waals surface area contributed by atoms with Crippen molar-refractivity contribution >= 4 is 5.97 Å². The van der Waals surface area contributed by atoms with Gasteiger partial charge in [-0.25, -0.2) is 0 Å². The molecule has 2 aromatic rings. The number of esters is 1. The highest BCUT2D eigenvalue weighted by atomic mass is 16.5. The van der Waals surface area contributed by atoms with Gasteiger partial charge in [0.1, 0.15) is 0 Å². The van der Waals surface area contributed by atoms with Crippen LogP contribution in [0.4, 0.5) is 0 Å². The van der Waals surface area contributed by atoms with Gasteiger partial charge in [0, 0.05) is 13.3 Å². The molecular weight excluding hydrogens is 288 g/mol. The predicted octanol–water partition coefficient (Wildman–Crippen LogP) is 2.07. The van der Waals surface area contributed by atoms with E-state index in [-0.39, 0.29) is 24.9 Å². The lowest BCUT2D eigenvalue weighted by Gasteiger charge is -2.12. The molecule has 1 heterocycles. The highest BCUT2D eigenvalue weighted by molar-refractivity contribution is 5.70. The number of carbonyl (C=O) groups is 1. The smallest absolute Gasteiger partial charge is 0.306 e. The van der Waals surface area contributed by atoms with Gasteiger partial charge in [0.05, 0.1) is 14.2 Å². The topological polar surface area (TPSA) is 83.7 Å². The Labute approximate surface area is 128 Å². The largest absolute Gasteiger partial charge is 0.493 e. The number of para-hydroxylation sites is 1. The fourth-order valence-corrected chi connectivity index (χ4v) is 2.00. The summed E-state index contributed by atoms with van der Waals surface area (Å²) in [5.41, 5.74) is 0.882. The van der Waals surface area contributed by atoms with Gasteiger partial charge in [-0.1, -0.05) is 12.1 Å². The fraction of sp³-hybridized carbons (Fsp3) is 0.400. The zero-order valence-corrected chi connectivity index (χ0v) is 12.8. The fourth-order valence-electron chi connectivity index (χ4n) is 2.00. The molecule has 2 rings (SSSR count). The molecule has 7 heteroatoms. The lowest BCUT2D eigenvalue weighted by Crippen LogP contribution is -2.07. The SMILES string of the molecule is COc1cccc(CCC(=O)OCc2nnc(C)o2)c1OC. The van der Waals surface area contributed by atoms with Crippen molar-refractivity contribution in [3.63, 3.8) is 0 Å². The normalized spacial score (nSPS) is 10.3. The Bertz CT molecular complexity index is 639. The van der Waals surface area contributed by atoms with Gasteiger partial charge in [0.25, 0.3) is 5.89 Å². The number of ether oxygens (including phenoxy) is 3. The summed E-state index contributed by atoms with van der Waals surface area (Å²) >= 11 is 0. The molecule has 0 unspecified atom stereocenters. The molecule has 22 heavy (non-hydrogen) atoms. The Morgan fingerprint density at radius 3 is 2.68 bits per heavy atom. The van der Waals surface area contributed by atoms with Crippen molar-refractivity contribution in [1.82, 2.24) is 10.2 Å². The second-order valence-corrected chi connectivity index (χ2v) is 4.53. The molecule has 1 aromatic heterocycles. The van der Waals surface area contributed by atoms with E-state index >= 15 is 0 Å². The molecule has 0 aliphatic rings. The summed E-state index contributed by atoms with van der Waals surface area (Å²) in [7, 11) is 3.14. The minimum Gasteiger partial charge on any atom is -0.493 e. The molecule has 0 fully saturated rings. The minimum atomic E-state index is -0.347. The molecule has 0 aliphatic carbocycles. The van der Waals surface area contributed by atoms with E-state index in [0.29, 0.717) is 23.8 Å². The first kappa shape index (κ1) is 15.8. The first-order valence-electron chi connectivity index (χ1n) is 6.78. The monoisotopic (exact) mass is 306 g/mol. The summed E-state index contributed by atoms with van der Waals surface area (Å²) in [6, 6.07) is 5.54. The molecular formula is C15H18N2O5. The molecule has 0 atom stereocenters. The summed E-state index contributed by atoms with van der Waals surface area (Å²) in [6.45, 7) is 1.66. The molecule has 0 radical (unpaired) electrons. The van der Waals surface area contributed by atoms with E-state index < -0.39 is 0 Å². The van der Waals surface area contributed by atoms with Crippen LogP contribution in [0.25, 0.3) is 0 Å². The van der Waals surface area contributed by atoms with E-state index in [1.54, 1.807) is 27.2 Å². The quantitative estimate of drug-likeness (QED) is 0.724. The maximum atomic E-state index is 11.8. The van der Waals surface area contributed by atoms with Crippen LogP contribution in [0.1, 0.15) is 23.8 Å². The zero-order valence-electron chi connectivity index (χ0n) is 12.8. The van der Waals surface area contributed by atoms with Crippen molar-refractivity contribution in [3.8, 4) is 11.5 Å². The van der Waals surface area contributed by atoms with Gasteiger partial charge < -0.3 is 18.6 Å². The number of methoxy groups -OCH3 is 2. The molecule has 0 amide bonds. The van der Waals surface area contributed by atoms with Gasteiger partial charge in [-0.15, -0.1) is 10.2 Å². The van der Waals surface area contributed by atoms with Crippen molar-refractivity contribution in [2.75, 3.05) is 14.2 Å². The molecule has 0 aliphatic heterocycles. The van der Waals surface area contributed by atoms with Crippen molar-refractivity contribution in [2.24, 2.45) is 0 Å². The Kier molecular flexibility index (Phi) is 5.35. The Hall–Kier alpha value is -2.57. The average molecular weight is 306 g/mol. The Morgan fingerprint density at radius 1 is 1.23 bits per heavy atom. The molecule has 1 aromatic carbocycles. The van der Waals surface area contributed by atoms with Crippen LogP contribution in [0, 0.1) is 6.92 Å². The molecule has 118 valence electrons. The number of rotatable bonds is 7. The van der Waals surface area contributed by atoms with Crippen LogP contribution in [0.2, 0.25) is 0 Å². The second kappa shape index (κ2) is 7.44. The third kappa shape index (κ3) is 3.97. The van der Waals surface area contributed by atoms with E-state index in [1.165, 1.54) is 0 Å². The van der Waals surface area contributed by atoms with Gasteiger partial charge in [-0.2, -0.15) is 0 Å². The second-order valence-electron chi connectivity index (χ2n) is 4.53. The molecule has 0 bridgehead atoms. The van der Waals surface area contributed by atoms with Gasteiger partial charge in [-0.3, -0.25) is 4.79 Å². The summed E-state index contributed by atoms with van der Waals surface area (Å²) in [5, 5.41) is 7.42. The van der Waals surface area contributed by atoms with Gasteiger partial charge in [0.2, 0.25) is 5.89 Å². The van der Waals surface area contributed by atoms with Crippen molar-refractivity contribution in [3.05, 3.63) is 35.5 Å². The third-order valence-corrected chi connectivity index (χ3v) is 3.01. The highest BCUT2D eigenvalue weighted by Crippen LogP contribution is 2.31. The van der Waals surface area contributed by atoms with Crippen LogP contribution >= 0.6 is 0 Å². The number of aryl methyl sites for hydroxylation is 2. The number of nitrogens with zero attached hydrogens (tertiary/aromatic N) is 2. The zero-order chi connectivity index (χ0) is 15.9. The van der Waals surface area contributed by atoms with Gasteiger partial charge >= 0.3 is 5.97 Å². The molecule has 0 N–H and O–H groups in total. The lowest BCUT2D eigenvalue weighted by molar-refractivity contribution is -0.145. The van der Waals surface area contributed by atoms with Crippen LogP contribution in [-0.4, -0.2) is 30.4 Å². The average Bonchev–Trinajstić information content (AvgIpc) is 2.95. The maximum absolute atomic E-state index is 11.8. The van der Waals surface area contributed by atoms with Crippen LogP contribution < -0.4 is 9.47 Å². The predicted molar refractivity (Wildman–Crippen MR) is 76.7 cm³/mol. The summed E-state index contributed by atoms with van der Waals surface area (Å²) < 4.78 is 20.8. The van der Waals surface area contributed by atoms with Crippen LogP contribution in [0.15, 0.2) is 22.6 Å². The van der Waals surface area contributed by atoms with Crippen LogP contribution in [-0.2, 0) is 22.6 Å². The van der Waals surface area contributed by atoms with Crippen molar-refractivity contribution in [1.29, 1.82) is 0 Å². The van der Waals surface area contributed by atoms with E-state index in [4.69, 9.17) is 18.6 Å². The minimum absolute atomic E-state index is 0.0189. The van der Waals surface area contributed by atoms with E-state index in [0.717, 1.165) is 5.56 Å². The maximum Gasteiger partial charge on any atom is 0.306 e. The number of carbonyl (C=O) groups excluding carboxylic acids is 1. The first-order chi connectivity index (χ1) is 10.6. The highest BCUT2D eigenvalue weighted by Gasteiger charge is 2.12. The van der Waals surface area contributed by atoms with Crippen LogP contribution in [0.3, 0.4) is 0 Å². The number of hydrogen-bond acceptors (Lipinski definition) is 7. The number of benzene rings is 1. The molecule has 0 saturated carbocycles. The first-order valence-corrected chi connectivity index (χ1v) is 6.78. The number of aromatic nitrogens is 2. The van der Waals surface area contributed by atoms with E-state index in [9.17, 15) is 4.79 Å². The van der Waals surface area contributed by atoms with E-state index in [2.05, 4.69) is 10.2 Å². The van der Waals surface area contributed by atoms with Crippen molar-refractivity contribution < 1.29 is 23.4 Å². The third-order valence-electron chi connectivity index (χ3n) is 3.01. The van der Waals surface area contributed by atoms with E-state index in [1.807, 2.05) is 12.1 Å². The van der Waals surface area contributed by atoms with Crippen LogP contribution in [0.5, 0.6) is 11.5 Å². The lowest BCUT2D eigenvalue weighted by atomic mass is 10.1. The van der Waals surface area contributed by atoms with Gasteiger partial charge in [-0.05, 0) is 18.1 Å². The van der Waals surface area contributed by atoms with Gasteiger partial charge in [0.15, 0.2) is 18.1 Å². The standard InChI is InChI=1S/C15H18N2O5/c1-10-16-17-13(22-10)9-21-14(18)8-7-11-5-4-6-12(19-2)15(11)20-3/h4-6H,7-9H2,1-3H3. The summed E-state index contributed by atoms with van der Waals surface area (Å²) in [5.74, 6) is 1.64. The van der Waals surface area contributed by atoms with Crippen molar-refractivity contribution in [2.45, 2.75) is 26.4 Å². The Morgan fingerprint density at radius 2 is 2.05 bits per heavy atom.